The highest BCUT2D eigenvalue weighted by molar-refractivity contribution is 4.78. The average molecular weight is 186 g/mol. The molecule has 1 heteroatoms. The summed E-state index contributed by atoms with van der Waals surface area (Å²) in [6.07, 6.45) is 4.54. The lowest BCUT2D eigenvalue weighted by molar-refractivity contribution is 0.0913. The van der Waals surface area contributed by atoms with Crippen molar-refractivity contribution in [3.8, 4) is 0 Å². The molecule has 0 spiro atoms. The fourth-order valence-electron chi connectivity index (χ4n) is 1.55. The van der Waals surface area contributed by atoms with Gasteiger partial charge < -0.3 is 5.11 Å². The van der Waals surface area contributed by atoms with Crippen molar-refractivity contribution in [2.24, 2.45) is 10.8 Å². The van der Waals surface area contributed by atoms with E-state index in [1.165, 1.54) is 6.42 Å². The van der Waals surface area contributed by atoms with Crippen LogP contribution in [0.15, 0.2) is 0 Å². The summed E-state index contributed by atoms with van der Waals surface area (Å²) in [6.45, 7) is 11.5. The van der Waals surface area contributed by atoms with Gasteiger partial charge in [-0.15, -0.1) is 0 Å². The van der Waals surface area contributed by atoms with E-state index in [1.807, 2.05) is 0 Å². The molecule has 0 heterocycles. The van der Waals surface area contributed by atoms with Gasteiger partial charge in [0.1, 0.15) is 0 Å². The molecule has 0 amide bonds. The van der Waals surface area contributed by atoms with Crippen LogP contribution in [0.5, 0.6) is 0 Å². The first-order valence-corrected chi connectivity index (χ1v) is 5.50. The molecule has 1 N–H and O–H groups in total. The van der Waals surface area contributed by atoms with Gasteiger partial charge in [0.2, 0.25) is 0 Å². The lowest BCUT2D eigenvalue weighted by Gasteiger charge is -2.32. The van der Waals surface area contributed by atoms with Crippen molar-refractivity contribution >= 4 is 0 Å². The van der Waals surface area contributed by atoms with Crippen LogP contribution in [0.25, 0.3) is 0 Å². The van der Waals surface area contributed by atoms with Crippen LogP contribution in [0, 0.1) is 10.8 Å². The van der Waals surface area contributed by atoms with Crippen molar-refractivity contribution in [3.05, 3.63) is 0 Å². The number of rotatable bonds is 5. The van der Waals surface area contributed by atoms with Gasteiger partial charge in [0, 0.05) is 6.61 Å². The normalized spacial score (nSPS) is 13.4. The third kappa shape index (κ3) is 4.66. The Hall–Kier alpha value is -0.0400. The molecular weight excluding hydrogens is 160 g/mol. The quantitative estimate of drug-likeness (QED) is 0.695. The summed E-state index contributed by atoms with van der Waals surface area (Å²) in [5.41, 5.74) is 0.581. The Balaban J connectivity index is 4.11. The average Bonchev–Trinajstić information content (AvgIpc) is 2.06. The Bertz CT molecular complexity index is 120. The molecule has 1 nitrogen and oxygen atoms in total. The van der Waals surface area contributed by atoms with Crippen LogP contribution >= 0.6 is 0 Å². The van der Waals surface area contributed by atoms with E-state index in [4.69, 9.17) is 0 Å². The van der Waals surface area contributed by atoms with Crippen molar-refractivity contribution in [3.63, 3.8) is 0 Å². The standard InChI is InChI=1S/C12H26O/c1-6-12(7-2,10-13)9-8-11(3,4)5/h13H,6-10H2,1-5H3. The van der Waals surface area contributed by atoms with E-state index in [-0.39, 0.29) is 5.41 Å². The lowest BCUT2D eigenvalue weighted by Crippen LogP contribution is -2.25. The molecule has 0 fully saturated rings. The molecule has 13 heavy (non-hydrogen) atoms. The van der Waals surface area contributed by atoms with Gasteiger partial charge in [-0.05, 0) is 36.5 Å². The first kappa shape index (κ1) is 13.0. The number of aliphatic hydroxyl groups excluding tert-OH is 1. The van der Waals surface area contributed by atoms with Crippen molar-refractivity contribution in [2.75, 3.05) is 6.61 Å². The summed E-state index contributed by atoms with van der Waals surface area (Å²) in [5, 5.41) is 9.37. The Morgan fingerprint density at radius 1 is 0.923 bits per heavy atom. The van der Waals surface area contributed by atoms with E-state index in [1.54, 1.807) is 0 Å². The molecule has 0 aromatic carbocycles. The molecule has 0 aliphatic rings. The minimum Gasteiger partial charge on any atom is -0.396 e. The summed E-state index contributed by atoms with van der Waals surface area (Å²) in [5.74, 6) is 0. The zero-order valence-electron chi connectivity index (χ0n) is 9.98. The van der Waals surface area contributed by atoms with E-state index in [2.05, 4.69) is 34.6 Å². The van der Waals surface area contributed by atoms with Gasteiger partial charge in [-0.2, -0.15) is 0 Å². The highest BCUT2D eigenvalue weighted by atomic mass is 16.3. The van der Waals surface area contributed by atoms with Gasteiger partial charge in [-0.25, -0.2) is 0 Å². The van der Waals surface area contributed by atoms with Crippen molar-refractivity contribution in [1.82, 2.24) is 0 Å². The summed E-state index contributed by atoms with van der Waals surface area (Å²) in [4.78, 5) is 0. The smallest absolute Gasteiger partial charge is 0.0487 e. The van der Waals surface area contributed by atoms with E-state index >= 15 is 0 Å². The van der Waals surface area contributed by atoms with Gasteiger partial charge >= 0.3 is 0 Å². The second kappa shape index (κ2) is 4.99. The van der Waals surface area contributed by atoms with Crippen LogP contribution in [-0.4, -0.2) is 11.7 Å². The van der Waals surface area contributed by atoms with Crippen LogP contribution in [0.1, 0.15) is 60.3 Å². The molecule has 0 unspecified atom stereocenters. The molecule has 0 atom stereocenters. The van der Waals surface area contributed by atoms with Crippen molar-refractivity contribution in [2.45, 2.75) is 60.3 Å². The molecule has 0 saturated carbocycles. The van der Waals surface area contributed by atoms with Gasteiger partial charge in [0.05, 0.1) is 0 Å². The maximum atomic E-state index is 9.37. The highest BCUT2D eigenvalue weighted by Gasteiger charge is 2.26. The molecule has 0 aromatic heterocycles. The highest BCUT2D eigenvalue weighted by Crippen LogP contribution is 2.35. The van der Waals surface area contributed by atoms with Gasteiger partial charge in [-0.3, -0.25) is 0 Å². The van der Waals surface area contributed by atoms with Crippen LogP contribution in [0.3, 0.4) is 0 Å². The fraction of sp³-hybridized carbons (Fsp3) is 1.00. The molecule has 0 radical (unpaired) electrons. The largest absolute Gasteiger partial charge is 0.396 e. The predicted octanol–water partition coefficient (Wildman–Crippen LogP) is 3.61. The summed E-state index contributed by atoms with van der Waals surface area (Å²) in [6, 6.07) is 0. The monoisotopic (exact) mass is 186 g/mol. The van der Waals surface area contributed by atoms with E-state index in [9.17, 15) is 5.11 Å². The topological polar surface area (TPSA) is 20.2 Å². The Morgan fingerprint density at radius 2 is 1.38 bits per heavy atom. The Labute approximate surface area is 83.5 Å². The Kier molecular flexibility index (Phi) is 4.98. The SMILES string of the molecule is CCC(CC)(CO)CCC(C)(C)C. The molecule has 0 aromatic rings. The molecule has 0 aliphatic carbocycles. The molecule has 0 rings (SSSR count). The Morgan fingerprint density at radius 3 is 1.62 bits per heavy atom. The second-order valence-corrected chi connectivity index (χ2v) is 5.43. The summed E-state index contributed by atoms with van der Waals surface area (Å²) in [7, 11) is 0. The minimum atomic E-state index is 0.188. The van der Waals surface area contributed by atoms with Gasteiger partial charge in [-0.1, -0.05) is 34.6 Å². The maximum absolute atomic E-state index is 9.37. The van der Waals surface area contributed by atoms with E-state index in [0.717, 1.165) is 19.3 Å². The zero-order chi connectivity index (χ0) is 10.5. The number of aliphatic hydroxyl groups is 1. The number of hydrogen-bond acceptors (Lipinski definition) is 1. The molecular formula is C12H26O. The van der Waals surface area contributed by atoms with Crippen LogP contribution < -0.4 is 0 Å². The van der Waals surface area contributed by atoms with E-state index < -0.39 is 0 Å². The van der Waals surface area contributed by atoms with Crippen molar-refractivity contribution in [1.29, 1.82) is 0 Å². The third-order valence-corrected chi connectivity index (χ3v) is 3.24. The predicted molar refractivity (Wildman–Crippen MR) is 58.8 cm³/mol. The zero-order valence-corrected chi connectivity index (χ0v) is 9.98. The first-order valence-electron chi connectivity index (χ1n) is 5.50. The molecule has 0 bridgehead atoms. The maximum Gasteiger partial charge on any atom is 0.0487 e. The lowest BCUT2D eigenvalue weighted by atomic mass is 9.75. The van der Waals surface area contributed by atoms with Crippen LogP contribution in [0.2, 0.25) is 0 Å². The summed E-state index contributed by atoms with van der Waals surface area (Å²) >= 11 is 0. The van der Waals surface area contributed by atoms with Crippen LogP contribution in [-0.2, 0) is 0 Å². The van der Waals surface area contributed by atoms with Crippen LogP contribution in [0.4, 0.5) is 0 Å². The van der Waals surface area contributed by atoms with Gasteiger partial charge in [0.15, 0.2) is 0 Å². The van der Waals surface area contributed by atoms with Crippen molar-refractivity contribution < 1.29 is 5.11 Å². The molecule has 80 valence electrons. The fourth-order valence-corrected chi connectivity index (χ4v) is 1.55. The third-order valence-electron chi connectivity index (χ3n) is 3.24. The minimum absolute atomic E-state index is 0.188. The summed E-state index contributed by atoms with van der Waals surface area (Å²) < 4.78 is 0. The first-order chi connectivity index (χ1) is 5.89. The molecule has 0 aliphatic heterocycles. The second-order valence-electron chi connectivity index (χ2n) is 5.43. The molecule has 0 saturated heterocycles. The number of hydrogen-bond donors (Lipinski definition) is 1. The van der Waals surface area contributed by atoms with Gasteiger partial charge in [0.25, 0.3) is 0 Å². The van der Waals surface area contributed by atoms with E-state index in [0.29, 0.717) is 12.0 Å².